The van der Waals surface area contributed by atoms with Crippen molar-refractivity contribution in [2.45, 2.75) is 45.7 Å². The third kappa shape index (κ3) is 11.0. The van der Waals surface area contributed by atoms with Gasteiger partial charge in [0.1, 0.15) is 22.9 Å². The molecular weight excluding hydrogens is 873 g/mol. The first kappa shape index (κ1) is 49.1. The van der Waals surface area contributed by atoms with Crippen LogP contribution in [0.1, 0.15) is 46.6 Å². The lowest BCUT2D eigenvalue weighted by Gasteiger charge is -2.21. The molecule has 356 valence electrons. The normalized spacial score (nSPS) is 12.1. The van der Waals surface area contributed by atoms with Gasteiger partial charge in [-0.05, 0) is 109 Å². The van der Waals surface area contributed by atoms with Gasteiger partial charge in [-0.15, -0.1) is 20.5 Å². The molecule has 0 saturated heterocycles. The fourth-order valence-corrected chi connectivity index (χ4v) is 8.38. The number of methoxy groups -OCH3 is 2. The van der Waals surface area contributed by atoms with Gasteiger partial charge in [0.05, 0.1) is 25.3 Å². The highest BCUT2D eigenvalue weighted by Gasteiger charge is 2.28. The Hall–Kier alpha value is -7.82. The Kier molecular flexibility index (Phi) is 15.9. The molecule has 0 radical (unpaired) electrons. The van der Waals surface area contributed by atoms with E-state index in [9.17, 15) is 19.8 Å². The zero-order chi connectivity index (χ0) is 49.2. The Morgan fingerprint density at radius 3 is 1.32 bits per heavy atom. The zero-order valence-corrected chi connectivity index (χ0v) is 40.4. The van der Waals surface area contributed by atoms with Gasteiger partial charge < -0.3 is 29.5 Å². The van der Waals surface area contributed by atoms with Crippen LogP contribution in [-0.2, 0) is 13.1 Å². The van der Waals surface area contributed by atoms with Crippen molar-refractivity contribution >= 4 is 22.7 Å². The molecule has 0 unspecified atom stereocenters. The van der Waals surface area contributed by atoms with Crippen molar-refractivity contribution in [3.63, 3.8) is 0 Å². The van der Waals surface area contributed by atoms with Crippen molar-refractivity contribution < 1.29 is 28.8 Å². The number of nitrogens with zero attached hydrogens (tertiary/aromatic N) is 10. The minimum Gasteiger partial charge on any atom is -0.494 e. The van der Waals surface area contributed by atoms with E-state index in [0.29, 0.717) is 58.2 Å². The van der Waals surface area contributed by atoms with E-state index in [1.807, 2.05) is 141 Å². The van der Waals surface area contributed by atoms with Crippen LogP contribution in [-0.4, -0.2) is 84.6 Å². The van der Waals surface area contributed by atoms with Crippen molar-refractivity contribution in [3.8, 4) is 34.6 Å². The molecule has 0 spiro atoms. The summed E-state index contributed by atoms with van der Waals surface area (Å²) in [5.41, 5.74) is 4.94. The largest absolute Gasteiger partial charge is 0.494 e. The average molecular weight is 933 g/mol. The van der Waals surface area contributed by atoms with Gasteiger partial charge in [0, 0.05) is 43.3 Å². The number of benzene rings is 3. The minimum absolute atomic E-state index is 0.172. The number of aromatic nitrogens is 4. The lowest BCUT2D eigenvalue weighted by molar-refractivity contribution is -0.597. The fraction of sp³-hybridized carbons (Fsp3) is 0.283. The highest BCUT2D eigenvalue weighted by molar-refractivity contribution is 5.63. The number of pyridine rings is 4. The molecule has 16 heteroatoms. The van der Waals surface area contributed by atoms with Crippen LogP contribution < -0.4 is 29.7 Å². The highest BCUT2D eigenvalue weighted by atomic mass is 16.5. The Bertz CT molecular complexity index is 2890. The molecule has 0 amide bonds. The van der Waals surface area contributed by atoms with Gasteiger partial charge in [0.2, 0.25) is 11.8 Å². The topological polar surface area (TPSA) is 167 Å². The lowest BCUT2D eigenvalue weighted by Crippen LogP contribution is -2.40. The van der Waals surface area contributed by atoms with Crippen LogP contribution in [0.3, 0.4) is 0 Å². The molecule has 0 atom stereocenters. The molecule has 7 rings (SSSR count). The molecule has 69 heavy (non-hydrogen) atoms. The molecule has 4 heterocycles. The molecule has 16 nitrogen and oxygen atoms in total. The first-order valence-corrected chi connectivity index (χ1v) is 22.7. The van der Waals surface area contributed by atoms with Gasteiger partial charge in [-0.1, -0.05) is 54.6 Å². The monoisotopic (exact) mass is 932 g/mol. The molecule has 0 aliphatic heterocycles. The molecule has 0 saturated carbocycles. The molecule has 2 N–H and O–H groups in total. The van der Waals surface area contributed by atoms with Crippen LogP contribution in [0.4, 0.5) is 22.7 Å². The van der Waals surface area contributed by atoms with Crippen molar-refractivity contribution in [3.05, 3.63) is 176 Å². The van der Waals surface area contributed by atoms with E-state index in [1.54, 1.807) is 62.0 Å². The molecule has 0 aliphatic rings. The Balaban J connectivity index is 1.26. The first-order valence-electron chi connectivity index (χ1n) is 22.7. The molecule has 7 aromatic rings. The van der Waals surface area contributed by atoms with Gasteiger partial charge >= 0.3 is 11.1 Å². The van der Waals surface area contributed by atoms with Crippen molar-refractivity contribution in [1.29, 1.82) is 0 Å². The van der Waals surface area contributed by atoms with Gasteiger partial charge in [-0.25, -0.2) is 0 Å². The van der Waals surface area contributed by atoms with E-state index in [4.69, 9.17) is 9.47 Å². The summed E-state index contributed by atoms with van der Waals surface area (Å²) >= 11 is 0. The molecule has 0 bridgehead atoms. The maximum absolute atomic E-state index is 13.9. The standard InChI is InChI=1S/C53H58N10O6/c1-36-46(50(64)62(32-18-26-58(3)4)52(66)48(36)60-28-14-10-15-29-60)56-54-41-24-22-39(34-43(41)68-7)45(38-20-12-9-13-21-38)40-23-25-42(44(35-40)69-8)55-57-47-37(2)49(61-30-16-11-17-31-61)53(67)63(51(47)65)33-19-27-59(5)6/h9-17,20-25,28-31,34-35,45H,18-19,26-27,32-33H2,1-8H3/p+2. The molecule has 0 fully saturated rings. The SMILES string of the molecule is COc1cc(C(c2ccccc2)c2ccc(N=Nc3c(C)c(-[n+]4ccccc4)c(=O)n(CCCN(C)C)c3O)c(OC)c2)ccc1N=Nc1c(C)c(-[n+]2ccccc2)c(=O)n(CCCN(C)C)c1O. The minimum atomic E-state index is -0.332. The van der Waals surface area contributed by atoms with Crippen LogP contribution in [0.5, 0.6) is 23.3 Å². The first-order chi connectivity index (χ1) is 33.3. The van der Waals surface area contributed by atoms with Gasteiger partial charge in [0.25, 0.3) is 11.4 Å². The van der Waals surface area contributed by atoms with E-state index in [1.165, 1.54) is 9.13 Å². The fourth-order valence-electron chi connectivity index (χ4n) is 8.38. The number of azo groups is 2. The van der Waals surface area contributed by atoms with Crippen molar-refractivity contribution in [1.82, 2.24) is 18.9 Å². The summed E-state index contributed by atoms with van der Waals surface area (Å²) in [4.78, 5) is 31.8. The van der Waals surface area contributed by atoms with Gasteiger partial charge in [-0.3, -0.25) is 18.7 Å². The third-order valence-corrected chi connectivity index (χ3v) is 11.9. The third-order valence-electron chi connectivity index (χ3n) is 11.9. The number of hydrogen-bond donors (Lipinski definition) is 2. The second-order valence-electron chi connectivity index (χ2n) is 17.2. The summed E-state index contributed by atoms with van der Waals surface area (Å²) in [6.07, 6.45) is 8.41. The number of rotatable bonds is 19. The van der Waals surface area contributed by atoms with Crippen molar-refractivity contribution in [2.24, 2.45) is 20.5 Å². The average Bonchev–Trinajstić information content (AvgIpc) is 3.35. The second-order valence-corrected chi connectivity index (χ2v) is 17.2. The predicted octanol–water partition coefficient (Wildman–Crippen LogP) is 8.52. The van der Waals surface area contributed by atoms with E-state index in [0.717, 1.165) is 29.8 Å². The molecule has 4 aromatic heterocycles. The Morgan fingerprint density at radius 1 is 0.551 bits per heavy atom. The van der Waals surface area contributed by atoms with Crippen LogP contribution in [0, 0.1) is 13.8 Å². The maximum atomic E-state index is 13.9. The molecule has 0 aliphatic carbocycles. The van der Waals surface area contributed by atoms with Crippen LogP contribution in [0.2, 0.25) is 0 Å². The van der Waals surface area contributed by atoms with Crippen LogP contribution in [0.25, 0.3) is 11.4 Å². The summed E-state index contributed by atoms with van der Waals surface area (Å²) in [5.74, 6) is 0.0413. The van der Waals surface area contributed by atoms with E-state index >= 15 is 0 Å². The summed E-state index contributed by atoms with van der Waals surface area (Å²) in [5, 5.41) is 41.5. The number of hydrogen-bond acceptors (Lipinski definition) is 12. The van der Waals surface area contributed by atoms with E-state index < -0.39 is 0 Å². The second kappa shape index (κ2) is 22.3. The highest BCUT2D eigenvalue weighted by Crippen LogP contribution is 2.42. The summed E-state index contributed by atoms with van der Waals surface area (Å²) in [6, 6.07) is 32.5. The van der Waals surface area contributed by atoms with Gasteiger partial charge in [-0.2, -0.15) is 9.13 Å². The van der Waals surface area contributed by atoms with Crippen LogP contribution >= 0.6 is 0 Å². The van der Waals surface area contributed by atoms with E-state index in [-0.39, 0.29) is 53.3 Å². The number of aromatic hydroxyl groups is 2. The smallest absolute Gasteiger partial charge is 0.326 e. The maximum Gasteiger partial charge on any atom is 0.326 e. The van der Waals surface area contributed by atoms with E-state index in [2.05, 4.69) is 20.5 Å². The van der Waals surface area contributed by atoms with Crippen molar-refractivity contribution in [2.75, 3.05) is 55.5 Å². The van der Waals surface area contributed by atoms with Crippen LogP contribution in [0.15, 0.2) is 158 Å². The number of ether oxygens (including phenoxy) is 2. The quantitative estimate of drug-likeness (QED) is 0.0463. The molecular formula is C53H60N10O6+2. The Morgan fingerprint density at radius 2 is 0.942 bits per heavy atom. The Labute approximate surface area is 402 Å². The lowest BCUT2D eigenvalue weighted by atomic mass is 9.84. The summed E-state index contributed by atoms with van der Waals surface area (Å²) in [7, 11) is 11.0. The zero-order valence-electron chi connectivity index (χ0n) is 40.4. The predicted molar refractivity (Wildman–Crippen MR) is 265 cm³/mol. The summed E-state index contributed by atoms with van der Waals surface area (Å²) < 4.78 is 18.0. The molecule has 3 aromatic carbocycles. The van der Waals surface area contributed by atoms with Gasteiger partial charge in [0.15, 0.2) is 36.2 Å². The summed E-state index contributed by atoms with van der Waals surface area (Å²) in [6.45, 7) is 5.51.